The predicted octanol–water partition coefficient (Wildman–Crippen LogP) is 1.46. The first-order chi connectivity index (χ1) is 4.74. The van der Waals surface area contributed by atoms with Crippen LogP contribution < -0.4 is 5.50 Å². The van der Waals surface area contributed by atoms with E-state index in [2.05, 4.69) is 21.1 Å². The van der Waals surface area contributed by atoms with Gasteiger partial charge in [-0.15, -0.1) is 5.92 Å². The lowest BCUT2D eigenvalue weighted by Crippen LogP contribution is -1.76. The fourth-order valence-corrected chi connectivity index (χ4v) is 1.11. The van der Waals surface area contributed by atoms with E-state index in [4.69, 9.17) is 4.42 Å². The highest BCUT2D eigenvalue weighted by Crippen LogP contribution is 2.06. The smallest absolute Gasteiger partial charge is 0.120 e. The maximum atomic E-state index is 5.23. The molecule has 0 aliphatic carbocycles. The predicted molar refractivity (Wildman–Crippen MR) is 45.3 cm³/mol. The Morgan fingerprint density at radius 1 is 1.60 bits per heavy atom. The molecule has 0 aromatic carbocycles. The molecule has 1 unspecified atom stereocenters. The number of hydrogen-bond acceptors (Lipinski definition) is 1. The highest BCUT2D eigenvalue weighted by molar-refractivity contribution is 7.26. The summed E-state index contributed by atoms with van der Waals surface area (Å²) < 4.78 is 5.23. The Kier molecular flexibility index (Phi) is 2.14. The van der Waals surface area contributed by atoms with Gasteiger partial charge in [0.1, 0.15) is 11.3 Å². The van der Waals surface area contributed by atoms with Gasteiger partial charge in [-0.05, 0) is 19.9 Å². The van der Waals surface area contributed by atoms with Crippen LogP contribution in [0.5, 0.6) is 0 Å². The molecule has 1 aromatic rings. The van der Waals surface area contributed by atoms with Gasteiger partial charge in [-0.25, -0.2) is 0 Å². The van der Waals surface area contributed by atoms with Crippen LogP contribution in [0.1, 0.15) is 18.2 Å². The normalized spacial score (nSPS) is 8.70. The average Bonchev–Trinajstić information content (AvgIpc) is 2.13. The zero-order chi connectivity index (χ0) is 7.56. The highest BCUT2D eigenvalue weighted by atomic mass is 31.0. The van der Waals surface area contributed by atoms with Gasteiger partial charge < -0.3 is 4.42 Å². The van der Waals surface area contributed by atoms with Gasteiger partial charge in [-0.2, -0.15) is 0 Å². The molecule has 0 aliphatic heterocycles. The van der Waals surface area contributed by atoms with Crippen LogP contribution in [0.3, 0.4) is 0 Å². The van der Waals surface area contributed by atoms with Crippen molar-refractivity contribution in [3.63, 3.8) is 0 Å². The number of furan rings is 1. The molecule has 0 saturated carbocycles. The summed E-state index contributed by atoms with van der Waals surface area (Å²) >= 11 is 0. The lowest BCUT2D eigenvalue weighted by molar-refractivity contribution is 0.567. The molecular weight excluding hydrogens is 143 g/mol. The van der Waals surface area contributed by atoms with Crippen LogP contribution in [-0.2, 0) is 0 Å². The Labute approximate surface area is 63.0 Å². The Morgan fingerprint density at radius 2 is 2.30 bits per heavy atom. The maximum absolute atomic E-state index is 5.23. The van der Waals surface area contributed by atoms with Crippen LogP contribution in [0.4, 0.5) is 0 Å². The molecule has 0 radical (unpaired) electrons. The van der Waals surface area contributed by atoms with Crippen LogP contribution in [0.15, 0.2) is 10.5 Å². The summed E-state index contributed by atoms with van der Waals surface area (Å²) in [6, 6.07) is 1.91. The molecule has 10 heavy (non-hydrogen) atoms. The molecule has 1 heterocycles. The fourth-order valence-electron chi connectivity index (χ4n) is 0.764. The molecule has 52 valence electrons. The summed E-state index contributed by atoms with van der Waals surface area (Å²) in [5.74, 6) is 6.65. The lowest BCUT2D eigenvalue weighted by Gasteiger charge is -1.80. The van der Waals surface area contributed by atoms with Crippen molar-refractivity contribution >= 4 is 14.7 Å². The van der Waals surface area contributed by atoms with Crippen molar-refractivity contribution in [3.05, 3.63) is 17.4 Å². The topological polar surface area (TPSA) is 13.1 Å². The summed E-state index contributed by atoms with van der Waals surface area (Å²) in [4.78, 5) is 0. The van der Waals surface area contributed by atoms with Crippen LogP contribution in [-0.4, -0.2) is 0 Å². The van der Waals surface area contributed by atoms with Crippen LogP contribution in [0, 0.1) is 18.8 Å². The summed E-state index contributed by atoms with van der Waals surface area (Å²) in [7, 11) is 2.50. The molecule has 1 aromatic heterocycles. The largest absolute Gasteiger partial charge is 0.461 e. The van der Waals surface area contributed by atoms with E-state index in [1.807, 2.05) is 19.9 Å². The Bertz CT molecular complexity index is 288. The molecule has 1 atom stereocenters. The second kappa shape index (κ2) is 2.90. The number of rotatable bonds is 0. The molecular formula is C8H9OP. The van der Waals surface area contributed by atoms with Gasteiger partial charge in [0, 0.05) is 0 Å². The second-order valence-corrected chi connectivity index (χ2v) is 2.56. The zero-order valence-corrected chi connectivity index (χ0v) is 7.22. The van der Waals surface area contributed by atoms with Crippen molar-refractivity contribution < 1.29 is 4.42 Å². The molecule has 0 N–H and O–H groups in total. The Balaban J connectivity index is 3.11. The second-order valence-electron chi connectivity index (χ2n) is 1.99. The van der Waals surface area contributed by atoms with Crippen molar-refractivity contribution in [2.45, 2.75) is 13.8 Å². The minimum atomic E-state index is 0.843. The molecule has 0 spiro atoms. The summed E-state index contributed by atoms with van der Waals surface area (Å²) in [5.41, 5.74) is 1.82. The first kappa shape index (κ1) is 7.38. The van der Waals surface area contributed by atoms with E-state index < -0.39 is 0 Å². The van der Waals surface area contributed by atoms with Crippen molar-refractivity contribution in [1.82, 2.24) is 0 Å². The molecule has 0 amide bonds. The van der Waals surface area contributed by atoms with Crippen LogP contribution >= 0.6 is 9.24 Å². The molecule has 0 fully saturated rings. The van der Waals surface area contributed by atoms with Crippen LogP contribution in [0.2, 0.25) is 0 Å². The minimum Gasteiger partial charge on any atom is -0.461 e. The van der Waals surface area contributed by atoms with Crippen molar-refractivity contribution in [2.24, 2.45) is 0 Å². The Hall–Kier alpha value is -0.730. The molecule has 0 saturated heterocycles. The number of aryl methyl sites for hydroxylation is 1. The molecule has 1 nitrogen and oxygen atoms in total. The average molecular weight is 152 g/mol. The maximum Gasteiger partial charge on any atom is 0.120 e. The van der Waals surface area contributed by atoms with Crippen molar-refractivity contribution in [2.75, 3.05) is 0 Å². The SMILES string of the molecule is CC#Cc1cc(P)oc1C. The third kappa shape index (κ3) is 1.40. The molecule has 0 bridgehead atoms. The first-order valence-corrected chi connectivity index (χ1v) is 3.60. The van der Waals surface area contributed by atoms with Gasteiger partial charge >= 0.3 is 0 Å². The van der Waals surface area contributed by atoms with E-state index in [0.29, 0.717) is 0 Å². The monoisotopic (exact) mass is 152 g/mol. The summed E-state index contributed by atoms with van der Waals surface area (Å²) in [6.07, 6.45) is 0. The fraction of sp³-hybridized carbons (Fsp3) is 0.250. The van der Waals surface area contributed by atoms with Gasteiger partial charge in [-0.1, -0.05) is 15.2 Å². The highest BCUT2D eigenvalue weighted by Gasteiger charge is 1.99. The van der Waals surface area contributed by atoms with Gasteiger partial charge in [0.05, 0.1) is 5.56 Å². The van der Waals surface area contributed by atoms with Gasteiger partial charge in [-0.3, -0.25) is 0 Å². The summed E-state index contributed by atoms with van der Waals surface area (Å²) in [5, 5.41) is 0. The van der Waals surface area contributed by atoms with E-state index in [1.165, 1.54) is 0 Å². The standard InChI is InChI=1S/C8H9OP/c1-3-4-7-5-8(10)9-6(7)2/h5H,10H2,1-2H3. The van der Waals surface area contributed by atoms with E-state index in [0.717, 1.165) is 16.8 Å². The quantitative estimate of drug-likeness (QED) is 0.405. The van der Waals surface area contributed by atoms with E-state index >= 15 is 0 Å². The van der Waals surface area contributed by atoms with E-state index in [1.54, 1.807) is 0 Å². The number of hydrogen-bond donors (Lipinski definition) is 0. The van der Waals surface area contributed by atoms with Crippen LogP contribution in [0.25, 0.3) is 0 Å². The molecule has 1 rings (SSSR count). The van der Waals surface area contributed by atoms with E-state index in [-0.39, 0.29) is 0 Å². The summed E-state index contributed by atoms with van der Waals surface area (Å²) in [6.45, 7) is 3.72. The first-order valence-electron chi connectivity index (χ1n) is 3.02. The Morgan fingerprint density at radius 3 is 2.70 bits per heavy atom. The van der Waals surface area contributed by atoms with Gasteiger partial charge in [0.2, 0.25) is 0 Å². The molecule has 0 aliphatic rings. The third-order valence-corrected chi connectivity index (χ3v) is 1.48. The van der Waals surface area contributed by atoms with Gasteiger partial charge in [0.25, 0.3) is 0 Å². The molecule has 2 heteroatoms. The zero-order valence-electron chi connectivity index (χ0n) is 6.06. The minimum absolute atomic E-state index is 0.843. The van der Waals surface area contributed by atoms with E-state index in [9.17, 15) is 0 Å². The lowest BCUT2D eigenvalue weighted by atomic mass is 10.3. The third-order valence-electron chi connectivity index (χ3n) is 1.20. The van der Waals surface area contributed by atoms with Crippen molar-refractivity contribution in [3.8, 4) is 11.8 Å². The van der Waals surface area contributed by atoms with Gasteiger partial charge in [0.15, 0.2) is 0 Å². The van der Waals surface area contributed by atoms with Crippen molar-refractivity contribution in [1.29, 1.82) is 0 Å².